The van der Waals surface area contributed by atoms with Gasteiger partial charge in [0.25, 0.3) is 0 Å². The summed E-state index contributed by atoms with van der Waals surface area (Å²) in [7, 11) is 0. The summed E-state index contributed by atoms with van der Waals surface area (Å²) in [5.74, 6) is 0. The van der Waals surface area contributed by atoms with Crippen LogP contribution in [0.4, 0.5) is 0 Å². The number of hydrogen-bond donors (Lipinski definition) is 0. The molecule has 0 aromatic heterocycles. The zero-order chi connectivity index (χ0) is 4.00. The van der Waals surface area contributed by atoms with Gasteiger partial charge in [0.1, 0.15) is 0 Å². The molecule has 1 radical (unpaired) electrons. The van der Waals surface area contributed by atoms with Gasteiger partial charge in [0, 0.05) is 16.8 Å². The average Bonchev–Trinajstić information content (AvgIpc) is 1.50. The fourth-order valence-electron chi connectivity index (χ4n) is 0. The summed E-state index contributed by atoms with van der Waals surface area (Å²) in [6.45, 7) is 0. The predicted molar refractivity (Wildman–Crippen MR) is 19.8 cm³/mol. The van der Waals surface area contributed by atoms with E-state index in [4.69, 9.17) is 0 Å². The van der Waals surface area contributed by atoms with Crippen LogP contribution in [0.25, 0.3) is 0 Å². The number of hydrogen-bond acceptors (Lipinski definition) is 0. The molecular formula is C4H4Co. The maximum atomic E-state index is 4.00. The van der Waals surface area contributed by atoms with E-state index in [-0.39, 0.29) is 16.8 Å². The van der Waals surface area contributed by atoms with Gasteiger partial charge in [0.15, 0.2) is 0 Å². The Morgan fingerprint density at radius 3 is 0.600 bits per heavy atom. The first kappa shape index (κ1) is 23.0. The van der Waals surface area contributed by atoms with Crippen LogP contribution < -0.4 is 0 Å². The van der Waals surface area contributed by atoms with E-state index in [9.17, 15) is 0 Å². The van der Waals surface area contributed by atoms with Crippen LogP contribution in [0.5, 0.6) is 0 Å². The second-order valence-corrected chi connectivity index (χ2v) is 0. The Bertz CT molecular complexity index is 19.1. The van der Waals surface area contributed by atoms with Crippen molar-refractivity contribution >= 4 is 0 Å². The van der Waals surface area contributed by atoms with E-state index in [1.54, 1.807) is 0 Å². The fraction of sp³-hybridized carbons (Fsp3) is 0. The molecular weight excluding hydrogens is 107 g/mol. The van der Waals surface area contributed by atoms with Crippen LogP contribution >= 0.6 is 0 Å². The van der Waals surface area contributed by atoms with Crippen LogP contribution in [0.3, 0.4) is 0 Å². The first-order chi connectivity index (χ1) is 2.00. The molecule has 5 heavy (non-hydrogen) atoms. The molecule has 0 aromatic rings. The van der Waals surface area contributed by atoms with Crippen molar-refractivity contribution < 1.29 is 16.8 Å². The van der Waals surface area contributed by atoms with Crippen molar-refractivity contribution in [1.82, 2.24) is 0 Å². The normalized spacial score (nSPS) is 0.800. The van der Waals surface area contributed by atoms with E-state index in [2.05, 4.69) is 25.7 Å². The Morgan fingerprint density at radius 2 is 0.600 bits per heavy atom. The van der Waals surface area contributed by atoms with Gasteiger partial charge in [-0.1, -0.05) is 0 Å². The summed E-state index contributed by atoms with van der Waals surface area (Å²) in [6.07, 6.45) is 16.0. The molecule has 0 aromatic carbocycles. The van der Waals surface area contributed by atoms with Gasteiger partial charge in [0.05, 0.1) is 0 Å². The van der Waals surface area contributed by atoms with Gasteiger partial charge in [0.2, 0.25) is 0 Å². The van der Waals surface area contributed by atoms with Crippen LogP contribution in [0.1, 0.15) is 0 Å². The Balaban J connectivity index is -0.0000000133. The van der Waals surface area contributed by atoms with Crippen molar-refractivity contribution in [2.45, 2.75) is 0 Å². The topological polar surface area (TPSA) is 0 Å². The predicted octanol–water partition coefficient (Wildman–Crippen LogP) is 0.496. The summed E-state index contributed by atoms with van der Waals surface area (Å²) in [6, 6.07) is 0. The summed E-state index contributed by atoms with van der Waals surface area (Å²) in [4.78, 5) is 0. The molecule has 0 aliphatic heterocycles. The van der Waals surface area contributed by atoms with E-state index in [0.717, 1.165) is 0 Å². The van der Waals surface area contributed by atoms with Gasteiger partial charge < -0.3 is 0 Å². The van der Waals surface area contributed by atoms with Crippen molar-refractivity contribution in [2.24, 2.45) is 0 Å². The van der Waals surface area contributed by atoms with Gasteiger partial charge in [-0.15, -0.1) is 25.7 Å². The van der Waals surface area contributed by atoms with Crippen LogP contribution in [-0.2, 0) is 16.8 Å². The maximum Gasteiger partial charge on any atom is 0 e. The van der Waals surface area contributed by atoms with Crippen LogP contribution in [0.15, 0.2) is 0 Å². The van der Waals surface area contributed by atoms with Crippen LogP contribution in [-0.4, -0.2) is 0 Å². The fourth-order valence-corrected chi connectivity index (χ4v) is 0. The van der Waals surface area contributed by atoms with Crippen LogP contribution in [0.2, 0.25) is 0 Å². The molecule has 0 fully saturated rings. The summed E-state index contributed by atoms with van der Waals surface area (Å²) < 4.78 is 0. The molecule has 0 heterocycles. The molecule has 1 heteroatoms. The molecule has 0 spiro atoms. The van der Waals surface area contributed by atoms with E-state index < -0.39 is 0 Å². The van der Waals surface area contributed by atoms with Gasteiger partial charge in [-0.05, 0) is 0 Å². The third kappa shape index (κ3) is 68.8. The van der Waals surface area contributed by atoms with Crippen molar-refractivity contribution in [3.05, 3.63) is 0 Å². The Labute approximate surface area is 43.2 Å². The van der Waals surface area contributed by atoms with Crippen molar-refractivity contribution in [1.29, 1.82) is 0 Å². The molecule has 0 saturated carbocycles. The third-order valence-corrected chi connectivity index (χ3v) is 0. The Hall–Kier alpha value is -0.374. The largest absolute Gasteiger partial charge is 0.124 e. The quantitative estimate of drug-likeness (QED) is 0.399. The van der Waals surface area contributed by atoms with E-state index >= 15 is 0 Å². The molecule has 0 saturated heterocycles. The smallest absolute Gasteiger partial charge is 0 e. The van der Waals surface area contributed by atoms with E-state index in [1.807, 2.05) is 0 Å². The molecule has 0 bridgehead atoms. The summed E-state index contributed by atoms with van der Waals surface area (Å²) in [5.41, 5.74) is 0. The molecule has 0 N–H and O–H groups in total. The van der Waals surface area contributed by atoms with E-state index in [1.165, 1.54) is 0 Å². The third-order valence-electron chi connectivity index (χ3n) is 0. The monoisotopic (exact) mass is 111 g/mol. The zero-order valence-corrected chi connectivity index (χ0v) is 3.68. The summed E-state index contributed by atoms with van der Waals surface area (Å²) >= 11 is 0. The average molecular weight is 111 g/mol. The van der Waals surface area contributed by atoms with Crippen molar-refractivity contribution in [2.75, 3.05) is 0 Å². The van der Waals surface area contributed by atoms with Gasteiger partial charge in [-0.2, -0.15) is 0 Å². The first-order valence-electron chi connectivity index (χ1n) is 0.667. The second-order valence-electron chi connectivity index (χ2n) is 0. The van der Waals surface area contributed by atoms with Crippen molar-refractivity contribution in [3.8, 4) is 25.7 Å². The minimum atomic E-state index is 0. The zero-order valence-electron chi connectivity index (χ0n) is 2.64. The van der Waals surface area contributed by atoms with Gasteiger partial charge in [-0.25, -0.2) is 0 Å². The Morgan fingerprint density at radius 1 is 0.600 bits per heavy atom. The molecule has 0 nitrogen and oxygen atoms in total. The minimum Gasteiger partial charge on any atom is -0.124 e. The van der Waals surface area contributed by atoms with Crippen molar-refractivity contribution in [3.63, 3.8) is 0 Å². The molecule has 0 amide bonds. The van der Waals surface area contributed by atoms with Gasteiger partial charge in [-0.3, -0.25) is 0 Å². The SMILES string of the molecule is C#C.C#C.[Co]. The molecule has 0 aliphatic rings. The molecule has 29 valence electrons. The second kappa shape index (κ2) is 179. The molecule has 0 atom stereocenters. The van der Waals surface area contributed by atoms with Gasteiger partial charge >= 0.3 is 0 Å². The minimum absolute atomic E-state index is 0. The van der Waals surface area contributed by atoms with E-state index in [0.29, 0.717) is 0 Å². The molecule has 0 aliphatic carbocycles. The Kier molecular flexibility index (Phi) is 825. The van der Waals surface area contributed by atoms with Crippen LogP contribution in [0, 0.1) is 25.7 Å². The standard InChI is InChI=1S/2C2H2.Co/c2*1-2;/h2*1-2H;. The molecule has 0 rings (SSSR count). The first-order valence-corrected chi connectivity index (χ1v) is 0.667. The molecule has 0 unspecified atom stereocenters. The summed E-state index contributed by atoms with van der Waals surface area (Å²) in [5, 5.41) is 0. The number of terminal acetylenes is 2. The maximum absolute atomic E-state index is 4.00. The number of rotatable bonds is 0.